The van der Waals surface area contributed by atoms with Crippen molar-refractivity contribution in [1.82, 2.24) is 0 Å². The van der Waals surface area contributed by atoms with Gasteiger partial charge in [-0.15, -0.1) is 0 Å². The van der Waals surface area contributed by atoms with Crippen molar-refractivity contribution in [3.05, 3.63) is 0 Å². The van der Waals surface area contributed by atoms with Gasteiger partial charge in [0.05, 0.1) is 0 Å². The Kier molecular flexibility index (Phi) is 11.1. The molecule has 0 saturated carbocycles. The monoisotopic (exact) mass is 324 g/mol. The molecule has 0 aliphatic carbocycles. The molecule has 21 heavy (non-hydrogen) atoms. The molecular formula is C13H24O7S. The van der Waals surface area contributed by atoms with Gasteiger partial charge in [0, 0.05) is 12.8 Å². The number of unbranched alkanes of at least 4 members (excludes halogenated alkanes) is 6. The number of ketones is 1. The van der Waals surface area contributed by atoms with Crippen LogP contribution in [0.3, 0.4) is 0 Å². The van der Waals surface area contributed by atoms with Crippen molar-refractivity contribution in [3.8, 4) is 0 Å². The van der Waals surface area contributed by atoms with Crippen LogP contribution in [0.15, 0.2) is 0 Å². The number of Topliss-reactive ketones (excluding diaryl/α,β-unsaturated/α-hetero) is 1. The minimum absolute atomic E-state index is 0.194. The van der Waals surface area contributed by atoms with E-state index in [1.807, 2.05) is 0 Å². The molecular weight excluding hydrogens is 300 g/mol. The Bertz CT molecular complexity index is 403. The van der Waals surface area contributed by atoms with Crippen LogP contribution in [0.5, 0.6) is 0 Å². The maximum atomic E-state index is 11.2. The Hall–Kier alpha value is -0.990. The van der Waals surface area contributed by atoms with E-state index in [0.29, 0.717) is 12.8 Å². The van der Waals surface area contributed by atoms with E-state index in [1.54, 1.807) is 6.92 Å². The molecule has 0 aromatic heterocycles. The van der Waals surface area contributed by atoms with Crippen LogP contribution in [0.2, 0.25) is 0 Å². The molecule has 0 radical (unpaired) electrons. The van der Waals surface area contributed by atoms with Crippen molar-refractivity contribution in [2.75, 3.05) is 6.79 Å². The minimum atomic E-state index is -4.56. The smallest absolute Gasteiger partial charge is 0.400 e. The fourth-order valence-electron chi connectivity index (χ4n) is 1.75. The maximum absolute atomic E-state index is 11.2. The van der Waals surface area contributed by atoms with Crippen molar-refractivity contribution in [2.45, 2.75) is 64.7 Å². The first kappa shape index (κ1) is 20.0. The van der Waals surface area contributed by atoms with Gasteiger partial charge in [-0.1, -0.05) is 32.1 Å². The lowest BCUT2D eigenvalue weighted by molar-refractivity contribution is -0.150. The molecule has 124 valence electrons. The Morgan fingerprint density at radius 2 is 1.38 bits per heavy atom. The summed E-state index contributed by atoms with van der Waals surface area (Å²) in [7, 11) is -4.56. The molecule has 1 N–H and O–H groups in total. The standard InChI is InChI=1S/C13H24O7S/c1-12(14)9-7-5-3-2-4-6-8-10-13(15)19-11-20-21(16,17)18/h2-11H2,1H3,(H,16,17,18). The third-order valence-corrected chi connectivity index (χ3v) is 3.22. The van der Waals surface area contributed by atoms with Gasteiger partial charge in [-0.05, 0) is 19.8 Å². The molecule has 0 aliphatic rings. The molecule has 0 aromatic carbocycles. The molecule has 0 unspecified atom stereocenters. The molecule has 8 heteroatoms. The Morgan fingerprint density at radius 3 is 1.86 bits per heavy atom. The fraction of sp³-hybridized carbons (Fsp3) is 0.846. The summed E-state index contributed by atoms with van der Waals surface area (Å²) in [5.41, 5.74) is 0. The van der Waals surface area contributed by atoms with Gasteiger partial charge in [0.1, 0.15) is 5.78 Å². The topological polar surface area (TPSA) is 107 Å². The normalized spacial score (nSPS) is 11.3. The SMILES string of the molecule is CC(=O)CCCCCCCCCC(=O)OCOS(=O)(=O)O. The lowest BCUT2D eigenvalue weighted by Gasteiger charge is -2.04. The van der Waals surface area contributed by atoms with Gasteiger partial charge >= 0.3 is 16.4 Å². The minimum Gasteiger partial charge on any atom is -0.437 e. The number of ether oxygens (including phenoxy) is 1. The summed E-state index contributed by atoms with van der Waals surface area (Å²) in [6.07, 6.45) is 7.55. The second-order valence-corrected chi connectivity index (χ2v) is 5.95. The zero-order valence-corrected chi connectivity index (χ0v) is 13.2. The molecule has 0 amide bonds. The second-order valence-electron chi connectivity index (χ2n) is 4.86. The van der Waals surface area contributed by atoms with Crippen LogP contribution in [-0.2, 0) is 28.9 Å². The van der Waals surface area contributed by atoms with Crippen LogP contribution < -0.4 is 0 Å². The summed E-state index contributed by atoms with van der Waals surface area (Å²) in [6.45, 7) is 0.800. The highest BCUT2D eigenvalue weighted by molar-refractivity contribution is 7.80. The largest absolute Gasteiger partial charge is 0.437 e. The van der Waals surface area contributed by atoms with Gasteiger partial charge in [0.2, 0.25) is 6.79 Å². The molecule has 0 aliphatic heterocycles. The predicted octanol–water partition coefficient (Wildman–Crippen LogP) is 2.41. The molecule has 0 bridgehead atoms. The number of hydrogen-bond donors (Lipinski definition) is 1. The van der Waals surface area contributed by atoms with E-state index in [0.717, 1.165) is 38.5 Å². The second kappa shape index (κ2) is 11.6. The van der Waals surface area contributed by atoms with Crippen molar-refractivity contribution in [2.24, 2.45) is 0 Å². The van der Waals surface area contributed by atoms with Crippen LogP contribution in [0.25, 0.3) is 0 Å². The van der Waals surface area contributed by atoms with Crippen LogP contribution in [0, 0.1) is 0 Å². The third-order valence-electron chi connectivity index (χ3n) is 2.83. The molecule has 0 rings (SSSR count). The molecule has 7 nitrogen and oxygen atoms in total. The average molecular weight is 324 g/mol. The highest BCUT2D eigenvalue weighted by atomic mass is 32.3. The van der Waals surface area contributed by atoms with Gasteiger partial charge in [-0.25, -0.2) is 4.18 Å². The zero-order valence-electron chi connectivity index (χ0n) is 12.4. The highest BCUT2D eigenvalue weighted by Crippen LogP contribution is 2.10. The Labute approximate surface area is 126 Å². The predicted molar refractivity (Wildman–Crippen MR) is 75.8 cm³/mol. The van der Waals surface area contributed by atoms with E-state index in [4.69, 9.17) is 4.55 Å². The van der Waals surface area contributed by atoms with Crippen LogP contribution in [0.4, 0.5) is 0 Å². The van der Waals surface area contributed by atoms with Gasteiger partial charge < -0.3 is 9.53 Å². The summed E-state index contributed by atoms with van der Waals surface area (Å²) in [5, 5.41) is 0. The van der Waals surface area contributed by atoms with E-state index in [-0.39, 0.29) is 12.2 Å². The van der Waals surface area contributed by atoms with E-state index in [1.165, 1.54) is 0 Å². The lowest BCUT2D eigenvalue weighted by atomic mass is 10.1. The van der Waals surface area contributed by atoms with E-state index >= 15 is 0 Å². The Balaban J connectivity index is 3.31. The van der Waals surface area contributed by atoms with Crippen molar-refractivity contribution in [3.63, 3.8) is 0 Å². The summed E-state index contributed by atoms with van der Waals surface area (Å²) in [5.74, 6) is -0.327. The number of carbonyl (C=O) groups excluding carboxylic acids is 2. The zero-order chi connectivity index (χ0) is 16.1. The number of rotatable bonds is 13. The Morgan fingerprint density at radius 1 is 0.905 bits per heavy atom. The molecule has 0 spiro atoms. The average Bonchev–Trinajstić information content (AvgIpc) is 2.34. The summed E-state index contributed by atoms with van der Waals surface area (Å²) >= 11 is 0. The van der Waals surface area contributed by atoms with Crippen molar-refractivity contribution in [1.29, 1.82) is 0 Å². The first-order valence-corrected chi connectivity index (χ1v) is 8.44. The number of esters is 1. The molecule has 0 aromatic rings. The first-order chi connectivity index (χ1) is 9.81. The van der Waals surface area contributed by atoms with Gasteiger partial charge in [-0.3, -0.25) is 9.35 Å². The van der Waals surface area contributed by atoms with Gasteiger partial charge in [0.25, 0.3) is 0 Å². The van der Waals surface area contributed by atoms with Crippen LogP contribution in [0.1, 0.15) is 64.7 Å². The molecule has 0 saturated heterocycles. The van der Waals surface area contributed by atoms with Gasteiger partial charge in [0.15, 0.2) is 0 Å². The quantitative estimate of drug-likeness (QED) is 0.240. The lowest BCUT2D eigenvalue weighted by Crippen LogP contribution is -2.12. The molecule has 0 fully saturated rings. The van der Waals surface area contributed by atoms with Crippen LogP contribution >= 0.6 is 0 Å². The van der Waals surface area contributed by atoms with Crippen molar-refractivity contribution < 1.29 is 31.5 Å². The molecule has 0 atom stereocenters. The van der Waals surface area contributed by atoms with E-state index in [9.17, 15) is 18.0 Å². The number of carbonyl (C=O) groups is 2. The summed E-state index contributed by atoms with van der Waals surface area (Å²) < 4.78 is 36.9. The third kappa shape index (κ3) is 17.0. The summed E-state index contributed by atoms with van der Waals surface area (Å²) in [4.78, 5) is 21.9. The van der Waals surface area contributed by atoms with E-state index < -0.39 is 23.2 Å². The van der Waals surface area contributed by atoms with Crippen molar-refractivity contribution >= 4 is 22.2 Å². The number of hydrogen-bond acceptors (Lipinski definition) is 6. The fourth-order valence-corrected chi connectivity index (χ4v) is 1.92. The van der Waals surface area contributed by atoms with Gasteiger partial charge in [-0.2, -0.15) is 8.42 Å². The van der Waals surface area contributed by atoms with Crippen LogP contribution in [-0.4, -0.2) is 31.5 Å². The summed E-state index contributed by atoms with van der Waals surface area (Å²) in [6, 6.07) is 0. The highest BCUT2D eigenvalue weighted by Gasteiger charge is 2.07. The van der Waals surface area contributed by atoms with E-state index in [2.05, 4.69) is 8.92 Å². The molecule has 0 heterocycles. The maximum Gasteiger partial charge on any atom is 0.400 e. The first-order valence-electron chi connectivity index (χ1n) is 7.08.